The Bertz CT molecular complexity index is 341. The number of rotatable bonds is 8. The molecule has 3 heteroatoms. The largest absolute Gasteiger partial charge is 0.508 e. The lowest BCUT2D eigenvalue weighted by Gasteiger charge is -2.25. The van der Waals surface area contributed by atoms with Crippen molar-refractivity contribution in [3.05, 3.63) is 29.8 Å². The first-order chi connectivity index (χ1) is 8.65. The summed E-state index contributed by atoms with van der Waals surface area (Å²) < 4.78 is 5.04. The second kappa shape index (κ2) is 8.11. The molecule has 0 aromatic heterocycles. The molecule has 18 heavy (non-hydrogen) atoms. The molecule has 102 valence electrons. The van der Waals surface area contributed by atoms with Crippen LogP contribution in [0.2, 0.25) is 0 Å². The number of aromatic hydroxyl groups is 1. The number of methoxy groups -OCH3 is 1. The number of benzene rings is 1. The average molecular weight is 251 g/mol. The smallest absolute Gasteiger partial charge is 0.115 e. The molecular formula is C15H25NO2. The highest BCUT2D eigenvalue weighted by Gasteiger charge is 2.11. The van der Waals surface area contributed by atoms with Gasteiger partial charge in [0.2, 0.25) is 0 Å². The predicted molar refractivity (Wildman–Crippen MR) is 74.9 cm³/mol. The van der Waals surface area contributed by atoms with E-state index in [1.807, 2.05) is 12.1 Å². The molecule has 1 rings (SSSR count). The molecule has 0 heterocycles. The van der Waals surface area contributed by atoms with Crippen molar-refractivity contribution in [1.29, 1.82) is 0 Å². The van der Waals surface area contributed by atoms with Gasteiger partial charge < -0.3 is 9.84 Å². The quantitative estimate of drug-likeness (QED) is 0.720. The lowest BCUT2D eigenvalue weighted by atomic mass is 10.1. The number of ether oxygens (including phenoxy) is 1. The lowest BCUT2D eigenvalue weighted by Crippen LogP contribution is -2.23. The fourth-order valence-corrected chi connectivity index (χ4v) is 2.02. The summed E-state index contributed by atoms with van der Waals surface area (Å²) in [5, 5.41) is 9.48. The van der Waals surface area contributed by atoms with Gasteiger partial charge in [0.1, 0.15) is 5.75 Å². The van der Waals surface area contributed by atoms with Crippen LogP contribution in [0.5, 0.6) is 5.75 Å². The summed E-state index contributed by atoms with van der Waals surface area (Å²) in [6.07, 6.45) is 3.51. The van der Waals surface area contributed by atoms with Gasteiger partial charge in [-0.05, 0) is 57.5 Å². The number of unbranched alkanes of at least 4 members (excludes halogenated alkanes) is 2. The van der Waals surface area contributed by atoms with Crippen LogP contribution in [0.1, 0.15) is 37.8 Å². The van der Waals surface area contributed by atoms with Crippen LogP contribution >= 0.6 is 0 Å². The monoisotopic (exact) mass is 251 g/mol. The van der Waals surface area contributed by atoms with Crippen molar-refractivity contribution in [3.8, 4) is 5.75 Å². The zero-order valence-corrected chi connectivity index (χ0v) is 11.7. The maximum atomic E-state index is 9.48. The van der Waals surface area contributed by atoms with Gasteiger partial charge in [-0.1, -0.05) is 12.1 Å². The van der Waals surface area contributed by atoms with E-state index in [0.29, 0.717) is 11.8 Å². The van der Waals surface area contributed by atoms with Crippen molar-refractivity contribution in [1.82, 2.24) is 4.90 Å². The Kier molecular flexibility index (Phi) is 6.76. The summed E-state index contributed by atoms with van der Waals surface area (Å²) in [4.78, 5) is 2.32. The zero-order chi connectivity index (χ0) is 13.4. The highest BCUT2D eigenvalue weighted by molar-refractivity contribution is 5.29. The standard InChI is InChI=1S/C15H25NO2/c1-13(14-8-7-9-15(17)12-14)16(2)10-5-4-6-11-18-3/h7-9,12-13,17H,4-6,10-11H2,1-3H3. The van der Waals surface area contributed by atoms with Gasteiger partial charge in [0.15, 0.2) is 0 Å². The van der Waals surface area contributed by atoms with Gasteiger partial charge in [-0.3, -0.25) is 4.90 Å². The van der Waals surface area contributed by atoms with Crippen LogP contribution in [0.15, 0.2) is 24.3 Å². The van der Waals surface area contributed by atoms with Crippen LogP contribution in [-0.2, 0) is 4.74 Å². The van der Waals surface area contributed by atoms with Crippen LogP contribution in [-0.4, -0.2) is 37.3 Å². The Morgan fingerprint density at radius 2 is 2.06 bits per heavy atom. The number of phenolic OH excluding ortho intramolecular Hbond substituents is 1. The van der Waals surface area contributed by atoms with E-state index >= 15 is 0 Å². The van der Waals surface area contributed by atoms with Gasteiger partial charge >= 0.3 is 0 Å². The maximum absolute atomic E-state index is 9.48. The van der Waals surface area contributed by atoms with Crippen molar-refractivity contribution < 1.29 is 9.84 Å². The summed E-state index contributed by atoms with van der Waals surface area (Å²) in [5.41, 5.74) is 1.16. The van der Waals surface area contributed by atoms with Gasteiger partial charge in [0.05, 0.1) is 0 Å². The Labute approximate surface area is 110 Å². The molecule has 0 saturated heterocycles. The van der Waals surface area contributed by atoms with Crippen molar-refractivity contribution in [2.24, 2.45) is 0 Å². The van der Waals surface area contributed by atoms with Crippen molar-refractivity contribution in [2.75, 3.05) is 27.3 Å². The van der Waals surface area contributed by atoms with Crippen LogP contribution in [0.4, 0.5) is 0 Å². The molecule has 3 nitrogen and oxygen atoms in total. The fraction of sp³-hybridized carbons (Fsp3) is 0.600. The molecular weight excluding hydrogens is 226 g/mol. The van der Waals surface area contributed by atoms with E-state index in [1.165, 1.54) is 12.8 Å². The van der Waals surface area contributed by atoms with E-state index in [9.17, 15) is 5.11 Å². The second-order valence-electron chi connectivity index (χ2n) is 4.81. The fourth-order valence-electron chi connectivity index (χ4n) is 2.02. The van der Waals surface area contributed by atoms with Gasteiger partial charge in [-0.15, -0.1) is 0 Å². The third kappa shape index (κ3) is 5.07. The van der Waals surface area contributed by atoms with Crippen LogP contribution in [0.25, 0.3) is 0 Å². The molecule has 1 N–H and O–H groups in total. The highest BCUT2D eigenvalue weighted by atomic mass is 16.5. The van der Waals surface area contributed by atoms with Crippen molar-refractivity contribution in [2.45, 2.75) is 32.2 Å². The molecule has 1 aromatic carbocycles. The topological polar surface area (TPSA) is 32.7 Å². The van der Waals surface area contributed by atoms with Crippen LogP contribution in [0, 0.1) is 0 Å². The number of nitrogens with zero attached hydrogens (tertiary/aromatic N) is 1. The highest BCUT2D eigenvalue weighted by Crippen LogP contribution is 2.22. The SMILES string of the molecule is COCCCCCN(C)C(C)c1cccc(O)c1. The Morgan fingerprint density at radius 1 is 1.28 bits per heavy atom. The number of phenols is 1. The first kappa shape index (κ1) is 15.0. The summed E-state index contributed by atoms with van der Waals surface area (Å²) in [6, 6.07) is 7.84. The van der Waals surface area contributed by atoms with Gasteiger partial charge in [-0.2, -0.15) is 0 Å². The van der Waals surface area contributed by atoms with E-state index in [0.717, 1.165) is 25.1 Å². The maximum Gasteiger partial charge on any atom is 0.115 e. The van der Waals surface area contributed by atoms with Gasteiger partial charge in [0, 0.05) is 19.8 Å². The first-order valence-electron chi connectivity index (χ1n) is 6.63. The van der Waals surface area contributed by atoms with E-state index in [-0.39, 0.29) is 0 Å². The minimum Gasteiger partial charge on any atom is -0.508 e. The van der Waals surface area contributed by atoms with Crippen molar-refractivity contribution >= 4 is 0 Å². The molecule has 1 atom stereocenters. The number of hydrogen-bond donors (Lipinski definition) is 1. The van der Waals surface area contributed by atoms with E-state index in [1.54, 1.807) is 13.2 Å². The van der Waals surface area contributed by atoms with Gasteiger partial charge in [-0.25, -0.2) is 0 Å². The minimum absolute atomic E-state index is 0.333. The zero-order valence-electron chi connectivity index (χ0n) is 11.7. The van der Waals surface area contributed by atoms with Crippen LogP contribution < -0.4 is 0 Å². The molecule has 0 aliphatic heterocycles. The third-order valence-electron chi connectivity index (χ3n) is 3.37. The van der Waals surface area contributed by atoms with E-state index < -0.39 is 0 Å². The Morgan fingerprint density at radius 3 is 2.72 bits per heavy atom. The third-order valence-corrected chi connectivity index (χ3v) is 3.37. The summed E-state index contributed by atoms with van der Waals surface area (Å²) >= 11 is 0. The molecule has 1 unspecified atom stereocenters. The minimum atomic E-state index is 0.333. The molecule has 0 fully saturated rings. The average Bonchev–Trinajstić information content (AvgIpc) is 2.37. The predicted octanol–water partition coefficient (Wildman–Crippen LogP) is 3.20. The molecule has 1 aromatic rings. The Balaban J connectivity index is 2.34. The summed E-state index contributed by atoms with van der Waals surface area (Å²) in [5.74, 6) is 0.341. The summed E-state index contributed by atoms with van der Waals surface area (Å²) in [7, 11) is 3.88. The normalized spacial score (nSPS) is 12.9. The molecule has 0 saturated carbocycles. The molecule has 0 bridgehead atoms. The van der Waals surface area contributed by atoms with Crippen LogP contribution in [0.3, 0.4) is 0 Å². The van der Waals surface area contributed by atoms with E-state index in [2.05, 4.69) is 24.9 Å². The summed E-state index contributed by atoms with van der Waals surface area (Å²) in [6.45, 7) is 4.09. The molecule has 0 aliphatic carbocycles. The Hall–Kier alpha value is -1.06. The molecule has 0 aliphatic rings. The van der Waals surface area contributed by atoms with Gasteiger partial charge in [0.25, 0.3) is 0 Å². The lowest BCUT2D eigenvalue weighted by molar-refractivity contribution is 0.188. The molecule has 0 spiro atoms. The number of hydrogen-bond acceptors (Lipinski definition) is 3. The first-order valence-corrected chi connectivity index (χ1v) is 6.63. The molecule has 0 amide bonds. The van der Waals surface area contributed by atoms with Crippen molar-refractivity contribution in [3.63, 3.8) is 0 Å². The molecule has 0 radical (unpaired) electrons. The van der Waals surface area contributed by atoms with E-state index in [4.69, 9.17) is 4.74 Å². The second-order valence-corrected chi connectivity index (χ2v) is 4.81.